The maximum atomic E-state index is 13.0. The molecule has 32 heavy (non-hydrogen) atoms. The summed E-state index contributed by atoms with van der Waals surface area (Å²) in [4.78, 5) is 11.8. The Balaban J connectivity index is 2.03. The first-order chi connectivity index (χ1) is 15.4. The van der Waals surface area contributed by atoms with Gasteiger partial charge in [-0.05, 0) is 17.7 Å². The minimum Gasteiger partial charge on any atom is -0.468 e. The van der Waals surface area contributed by atoms with E-state index in [1.165, 1.54) is 23.2 Å². The molecule has 0 aliphatic rings. The fourth-order valence-electron chi connectivity index (χ4n) is 3.21. The van der Waals surface area contributed by atoms with Crippen LogP contribution in [0.2, 0.25) is 0 Å². The van der Waals surface area contributed by atoms with Gasteiger partial charge in [0.1, 0.15) is 0 Å². The molecule has 0 saturated carbocycles. The lowest BCUT2D eigenvalue weighted by molar-refractivity contribution is -0.137. The molecule has 1 aromatic heterocycles. The standard InChI is InChI=1S/C22H26N4O4S2/c1-4-25(5-2)32(28,29)19-13-9-12-18(14-19)21-23-24-22(31-16-20(27)30-3)26(21)15-17-10-7-6-8-11-17/h6-14H,4-5,15-16H2,1-3H3. The van der Waals surface area contributed by atoms with Crippen LogP contribution in [-0.4, -0.2) is 59.4 Å². The van der Waals surface area contributed by atoms with E-state index in [0.29, 0.717) is 36.2 Å². The second-order valence-corrected chi connectivity index (χ2v) is 9.74. The number of hydrogen-bond acceptors (Lipinski definition) is 7. The molecule has 2 aromatic carbocycles. The lowest BCUT2D eigenvalue weighted by atomic mass is 10.2. The van der Waals surface area contributed by atoms with Crippen molar-refractivity contribution in [2.24, 2.45) is 0 Å². The molecular weight excluding hydrogens is 448 g/mol. The molecule has 10 heteroatoms. The molecule has 0 saturated heterocycles. The predicted molar refractivity (Wildman–Crippen MR) is 124 cm³/mol. The predicted octanol–water partition coefficient (Wildman–Crippen LogP) is 3.29. The van der Waals surface area contributed by atoms with Crippen molar-refractivity contribution in [2.45, 2.75) is 30.4 Å². The molecule has 3 aromatic rings. The van der Waals surface area contributed by atoms with E-state index in [0.717, 1.165) is 5.56 Å². The number of rotatable bonds is 10. The van der Waals surface area contributed by atoms with Gasteiger partial charge in [-0.25, -0.2) is 8.42 Å². The zero-order valence-electron chi connectivity index (χ0n) is 18.3. The highest BCUT2D eigenvalue weighted by atomic mass is 32.2. The number of thioether (sulfide) groups is 1. The van der Waals surface area contributed by atoms with Gasteiger partial charge in [0.05, 0.1) is 24.3 Å². The number of carbonyl (C=O) groups excluding carboxylic acids is 1. The van der Waals surface area contributed by atoms with Crippen LogP contribution < -0.4 is 0 Å². The first-order valence-electron chi connectivity index (χ1n) is 10.2. The first-order valence-corrected chi connectivity index (χ1v) is 12.6. The Morgan fingerprint density at radius 2 is 1.78 bits per heavy atom. The van der Waals surface area contributed by atoms with Crippen molar-refractivity contribution in [3.63, 3.8) is 0 Å². The van der Waals surface area contributed by atoms with Gasteiger partial charge in [0.25, 0.3) is 0 Å². The fraction of sp³-hybridized carbons (Fsp3) is 0.318. The molecular formula is C22H26N4O4S2. The third-order valence-corrected chi connectivity index (χ3v) is 7.87. The summed E-state index contributed by atoms with van der Waals surface area (Å²) in [5.74, 6) is 0.260. The van der Waals surface area contributed by atoms with E-state index in [1.807, 2.05) is 54.8 Å². The number of benzene rings is 2. The second kappa shape index (κ2) is 10.8. The van der Waals surface area contributed by atoms with Gasteiger partial charge in [-0.2, -0.15) is 4.31 Å². The Labute approximate surface area is 192 Å². The normalized spacial score (nSPS) is 11.6. The largest absolute Gasteiger partial charge is 0.468 e. The molecule has 8 nitrogen and oxygen atoms in total. The van der Waals surface area contributed by atoms with E-state index in [1.54, 1.807) is 18.2 Å². The molecule has 170 valence electrons. The summed E-state index contributed by atoms with van der Waals surface area (Å²) in [5, 5.41) is 9.14. The van der Waals surface area contributed by atoms with Crippen molar-refractivity contribution in [1.29, 1.82) is 0 Å². The number of aromatic nitrogens is 3. The van der Waals surface area contributed by atoms with E-state index >= 15 is 0 Å². The number of ether oxygens (including phenoxy) is 1. The molecule has 0 N–H and O–H groups in total. The van der Waals surface area contributed by atoms with Crippen molar-refractivity contribution >= 4 is 27.8 Å². The van der Waals surface area contributed by atoms with Crippen molar-refractivity contribution < 1.29 is 17.9 Å². The molecule has 0 radical (unpaired) electrons. The van der Waals surface area contributed by atoms with Gasteiger partial charge in [-0.1, -0.05) is 68.1 Å². The first kappa shape index (κ1) is 24.0. The maximum Gasteiger partial charge on any atom is 0.316 e. The Morgan fingerprint density at radius 1 is 1.06 bits per heavy atom. The Morgan fingerprint density at radius 3 is 2.44 bits per heavy atom. The summed E-state index contributed by atoms with van der Waals surface area (Å²) >= 11 is 1.22. The molecule has 0 atom stereocenters. The highest BCUT2D eigenvalue weighted by Crippen LogP contribution is 2.28. The molecule has 1 heterocycles. The number of sulfonamides is 1. The van der Waals surface area contributed by atoms with Crippen LogP contribution in [0.15, 0.2) is 64.6 Å². The lowest BCUT2D eigenvalue weighted by Crippen LogP contribution is -2.30. The number of esters is 1. The van der Waals surface area contributed by atoms with Crippen molar-refractivity contribution in [3.8, 4) is 11.4 Å². The van der Waals surface area contributed by atoms with Crippen LogP contribution in [0.5, 0.6) is 0 Å². The van der Waals surface area contributed by atoms with E-state index in [4.69, 9.17) is 4.74 Å². The summed E-state index contributed by atoms with van der Waals surface area (Å²) in [6, 6.07) is 16.5. The van der Waals surface area contributed by atoms with Gasteiger partial charge >= 0.3 is 5.97 Å². The number of methoxy groups -OCH3 is 1. The SMILES string of the molecule is CCN(CC)S(=O)(=O)c1cccc(-c2nnc(SCC(=O)OC)n2Cc2ccccc2)c1. The van der Waals surface area contributed by atoms with E-state index in [2.05, 4.69) is 10.2 Å². The molecule has 0 bridgehead atoms. The number of hydrogen-bond donors (Lipinski definition) is 0. The molecule has 3 rings (SSSR count). The van der Waals surface area contributed by atoms with Gasteiger partial charge in [0, 0.05) is 18.7 Å². The van der Waals surface area contributed by atoms with E-state index in [9.17, 15) is 13.2 Å². The summed E-state index contributed by atoms with van der Waals surface area (Å²) in [7, 11) is -2.27. The average molecular weight is 475 g/mol. The van der Waals surface area contributed by atoms with Crippen LogP contribution in [0.25, 0.3) is 11.4 Å². The summed E-state index contributed by atoms with van der Waals surface area (Å²) < 4.78 is 34.0. The zero-order chi connectivity index (χ0) is 23.1. The van der Waals surface area contributed by atoms with Crippen LogP contribution >= 0.6 is 11.8 Å². The summed E-state index contributed by atoms with van der Waals surface area (Å²) in [5.41, 5.74) is 1.66. The van der Waals surface area contributed by atoms with Crippen molar-refractivity contribution in [1.82, 2.24) is 19.1 Å². The summed E-state index contributed by atoms with van der Waals surface area (Å²) in [6.45, 7) is 4.88. The molecule has 0 unspecified atom stereocenters. The fourth-order valence-corrected chi connectivity index (χ4v) is 5.48. The molecule has 0 fully saturated rings. The quantitative estimate of drug-likeness (QED) is 0.329. The van der Waals surface area contributed by atoms with E-state index in [-0.39, 0.29) is 16.6 Å². The maximum absolute atomic E-state index is 13.0. The third kappa shape index (κ3) is 5.37. The van der Waals surface area contributed by atoms with Crippen LogP contribution in [0.4, 0.5) is 0 Å². The molecule has 0 amide bonds. The van der Waals surface area contributed by atoms with E-state index < -0.39 is 10.0 Å². The number of carbonyl (C=O) groups is 1. The second-order valence-electron chi connectivity index (χ2n) is 6.86. The topological polar surface area (TPSA) is 94.4 Å². The van der Waals surface area contributed by atoms with Gasteiger partial charge in [-0.15, -0.1) is 10.2 Å². The molecule has 0 spiro atoms. The Hall–Kier alpha value is -2.69. The minimum absolute atomic E-state index is 0.0970. The van der Waals surface area contributed by atoms with Gasteiger partial charge < -0.3 is 4.74 Å². The highest BCUT2D eigenvalue weighted by Gasteiger charge is 2.23. The molecule has 0 aliphatic heterocycles. The monoisotopic (exact) mass is 474 g/mol. The van der Waals surface area contributed by atoms with Crippen LogP contribution in [0, 0.1) is 0 Å². The minimum atomic E-state index is -3.61. The van der Waals surface area contributed by atoms with Crippen molar-refractivity contribution in [2.75, 3.05) is 26.0 Å². The third-order valence-electron chi connectivity index (χ3n) is 4.88. The Bertz CT molecular complexity index is 1160. The van der Waals surface area contributed by atoms with Crippen LogP contribution in [0.1, 0.15) is 19.4 Å². The van der Waals surface area contributed by atoms with Crippen molar-refractivity contribution in [3.05, 3.63) is 60.2 Å². The van der Waals surface area contributed by atoms with Gasteiger partial charge in [0.15, 0.2) is 11.0 Å². The average Bonchev–Trinajstić information content (AvgIpc) is 3.21. The molecule has 0 aliphatic carbocycles. The Kier molecular flexibility index (Phi) is 8.05. The smallest absolute Gasteiger partial charge is 0.316 e. The van der Waals surface area contributed by atoms with Crippen LogP contribution in [0.3, 0.4) is 0 Å². The van der Waals surface area contributed by atoms with Crippen LogP contribution in [-0.2, 0) is 26.1 Å². The van der Waals surface area contributed by atoms with Gasteiger partial charge in [0.2, 0.25) is 10.0 Å². The number of nitrogens with zero attached hydrogens (tertiary/aromatic N) is 4. The summed E-state index contributed by atoms with van der Waals surface area (Å²) in [6.07, 6.45) is 0. The zero-order valence-corrected chi connectivity index (χ0v) is 19.9. The lowest BCUT2D eigenvalue weighted by Gasteiger charge is -2.19. The van der Waals surface area contributed by atoms with Gasteiger partial charge in [-0.3, -0.25) is 9.36 Å². The highest BCUT2D eigenvalue weighted by molar-refractivity contribution is 7.99.